The third-order valence-electron chi connectivity index (χ3n) is 3.08. The second-order valence-electron chi connectivity index (χ2n) is 4.60. The number of H-pyrrole nitrogens is 1. The number of rotatable bonds is 2. The van der Waals surface area contributed by atoms with Crippen molar-refractivity contribution >= 4 is 11.8 Å². The Bertz CT molecular complexity index is 568. The van der Waals surface area contributed by atoms with Crippen LogP contribution in [0.4, 0.5) is 0 Å². The molecule has 1 fully saturated rings. The number of aromatic nitrogens is 1. The molecule has 2 heterocycles. The minimum absolute atomic E-state index is 0.0676. The first-order chi connectivity index (χ1) is 8.92. The van der Waals surface area contributed by atoms with Crippen molar-refractivity contribution in [1.82, 2.24) is 9.88 Å². The summed E-state index contributed by atoms with van der Waals surface area (Å²) in [5.41, 5.74) is 3.91. The fourth-order valence-corrected chi connectivity index (χ4v) is 1.94. The number of primary amides is 1. The zero-order valence-corrected chi connectivity index (χ0v) is 10.5. The summed E-state index contributed by atoms with van der Waals surface area (Å²) in [5.74, 6) is -0.972. The Morgan fingerprint density at radius 3 is 2.84 bits per heavy atom. The molecule has 0 aromatic carbocycles. The van der Waals surface area contributed by atoms with Crippen LogP contribution in [0, 0.1) is 0 Å². The smallest absolute Gasteiger partial charge is 0.270 e. The van der Waals surface area contributed by atoms with Crippen molar-refractivity contribution in [2.24, 2.45) is 5.73 Å². The number of carbonyl (C=O) groups is 2. The van der Waals surface area contributed by atoms with Gasteiger partial charge in [0.1, 0.15) is 5.69 Å². The Labute approximate surface area is 109 Å². The van der Waals surface area contributed by atoms with Crippen LogP contribution in [0.25, 0.3) is 0 Å². The molecule has 3 N–H and O–H groups in total. The summed E-state index contributed by atoms with van der Waals surface area (Å²) in [4.78, 5) is 38.6. The van der Waals surface area contributed by atoms with Gasteiger partial charge in [0.15, 0.2) is 5.60 Å². The highest BCUT2D eigenvalue weighted by atomic mass is 16.5. The SMILES string of the molecule is CC1(C(N)=O)CN(C(=O)c2cccc(=O)[nH]2)CCO1. The first kappa shape index (κ1) is 13.3. The van der Waals surface area contributed by atoms with E-state index in [4.69, 9.17) is 10.5 Å². The normalized spacial score (nSPS) is 23.1. The molecule has 19 heavy (non-hydrogen) atoms. The van der Waals surface area contributed by atoms with E-state index in [9.17, 15) is 14.4 Å². The lowest BCUT2D eigenvalue weighted by atomic mass is 10.0. The summed E-state index contributed by atoms with van der Waals surface area (Å²) in [7, 11) is 0. The molecular formula is C12H15N3O4. The third-order valence-corrected chi connectivity index (χ3v) is 3.08. The minimum atomic E-state index is -1.19. The monoisotopic (exact) mass is 265 g/mol. The van der Waals surface area contributed by atoms with Gasteiger partial charge in [-0.25, -0.2) is 0 Å². The molecule has 0 aliphatic carbocycles. The first-order valence-corrected chi connectivity index (χ1v) is 5.85. The summed E-state index contributed by atoms with van der Waals surface area (Å²) in [6, 6.07) is 4.34. The van der Waals surface area contributed by atoms with E-state index in [2.05, 4.69) is 4.98 Å². The molecule has 7 nitrogen and oxygen atoms in total. The van der Waals surface area contributed by atoms with E-state index in [1.807, 2.05) is 0 Å². The number of hydrogen-bond donors (Lipinski definition) is 2. The quantitative estimate of drug-likeness (QED) is 0.722. The third kappa shape index (κ3) is 2.65. The molecule has 0 bridgehead atoms. The molecule has 0 saturated carbocycles. The fraction of sp³-hybridized carbons (Fsp3) is 0.417. The highest BCUT2D eigenvalue weighted by molar-refractivity contribution is 5.93. The largest absolute Gasteiger partial charge is 0.367 e. The maximum Gasteiger partial charge on any atom is 0.270 e. The average molecular weight is 265 g/mol. The number of nitrogens with one attached hydrogen (secondary N) is 1. The van der Waals surface area contributed by atoms with Gasteiger partial charge in [-0.1, -0.05) is 6.07 Å². The van der Waals surface area contributed by atoms with E-state index in [0.717, 1.165) is 0 Å². The van der Waals surface area contributed by atoms with E-state index < -0.39 is 11.5 Å². The summed E-state index contributed by atoms with van der Waals surface area (Å²) >= 11 is 0. The van der Waals surface area contributed by atoms with Gasteiger partial charge in [0.2, 0.25) is 5.56 Å². The summed E-state index contributed by atoms with van der Waals surface area (Å²) in [6.07, 6.45) is 0. The van der Waals surface area contributed by atoms with Gasteiger partial charge in [-0.15, -0.1) is 0 Å². The summed E-state index contributed by atoms with van der Waals surface area (Å²) < 4.78 is 5.33. The van der Waals surface area contributed by atoms with Crippen molar-refractivity contribution in [3.63, 3.8) is 0 Å². The van der Waals surface area contributed by atoms with E-state index in [1.165, 1.54) is 23.1 Å². The Hall–Kier alpha value is -2.15. The topological polar surface area (TPSA) is 105 Å². The van der Waals surface area contributed by atoms with Crippen LogP contribution in [0.5, 0.6) is 0 Å². The second kappa shape index (κ2) is 4.85. The Balaban J connectivity index is 2.20. The van der Waals surface area contributed by atoms with Gasteiger partial charge < -0.3 is 20.4 Å². The Morgan fingerprint density at radius 2 is 2.21 bits per heavy atom. The number of aromatic amines is 1. The number of nitrogens with zero attached hydrogens (tertiary/aromatic N) is 1. The van der Waals surface area contributed by atoms with Crippen molar-refractivity contribution in [3.05, 3.63) is 34.2 Å². The lowest BCUT2D eigenvalue weighted by Crippen LogP contribution is -2.58. The van der Waals surface area contributed by atoms with Gasteiger partial charge in [0, 0.05) is 12.6 Å². The minimum Gasteiger partial charge on any atom is -0.367 e. The van der Waals surface area contributed by atoms with E-state index in [-0.39, 0.29) is 30.3 Å². The average Bonchev–Trinajstić information content (AvgIpc) is 2.38. The molecule has 2 rings (SSSR count). The molecular weight excluding hydrogens is 250 g/mol. The van der Waals surface area contributed by atoms with Crippen molar-refractivity contribution in [2.45, 2.75) is 12.5 Å². The molecule has 1 aliphatic heterocycles. The number of hydrogen-bond acceptors (Lipinski definition) is 4. The molecule has 0 spiro atoms. The van der Waals surface area contributed by atoms with Crippen LogP contribution in [0.15, 0.2) is 23.0 Å². The van der Waals surface area contributed by atoms with Crippen molar-refractivity contribution < 1.29 is 14.3 Å². The van der Waals surface area contributed by atoms with Gasteiger partial charge in [-0.05, 0) is 13.0 Å². The summed E-state index contributed by atoms with van der Waals surface area (Å²) in [5, 5.41) is 0. The highest BCUT2D eigenvalue weighted by Crippen LogP contribution is 2.18. The van der Waals surface area contributed by atoms with E-state index in [1.54, 1.807) is 6.92 Å². The van der Waals surface area contributed by atoms with Gasteiger partial charge in [-0.3, -0.25) is 14.4 Å². The second-order valence-corrected chi connectivity index (χ2v) is 4.60. The summed E-state index contributed by atoms with van der Waals surface area (Å²) in [6.45, 7) is 2.18. The molecule has 102 valence electrons. The predicted octanol–water partition coefficient (Wildman–Crippen LogP) is -0.909. The Kier molecular flexibility index (Phi) is 3.39. The lowest BCUT2D eigenvalue weighted by molar-refractivity contribution is -0.150. The number of ether oxygens (including phenoxy) is 1. The standard InChI is InChI=1S/C12H15N3O4/c1-12(11(13)18)7-15(5-6-19-12)10(17)8-3-2-4-9(16)14-8/h2-4H,5-7H2,1H3,(H2,13,18)(H,14,16). The maximum atomic E-state index is 12.2. The molecule has 1 aromatic rings. The van der Waals surface area contributed by atoms with Crippen molar-refractivity contribution in [3.8, 4) is 0 Å². The van der Waals surface area contributed by atoms with Crippen LogP contribution in [0.2, 0.25) is 0 Å². The van der Waals surface area contributed by atoms with Crippen LogP contribution < -0.4 is 11.3 Å². The van der Waals surface area contributed by atoms with Crippen molar-refractivity contribution in [2.75, 3.05) is 19.7 Å². The van der Waals surface area contributed by atoms with Crippen LogP contribution in [0.1, 0.15) is 17.4 Å². The highest BCUT2D eigenvalue weighted by Gasteiger charge is 2.39. The Morgan fingerprint density at radius 1 is 1.47 bits per heavy atom. The predicted molar refractivity (Wildman–Crippen MR) is 66.5 cm³/mol. The number of pyridine rings is 1. The maximum absolute atomic E-state index is 12.2. The van der Waals surface area contributed by atoms with Crippen LogP contribution in [-0.2, 0) is 9.53 Å². The molecule has 1 saturated heterocycles. The molecule has 1 unspecified atom stereocenters. The zero-order chi connectivity index (χ0) is 14.0. The molecule has 7 heteroatoms. The fourth-order valence-electron chi connectivity index (χ4n) is 1.94. The van der Waals surface area contributed by atoms with Gasteiger partial charge in [0.25, 0.3) is 11.8 Å². The number of morpholine rings is 1. The molecule has 2 amide bonds. The van der Waals surface area contributed by atoms with Gasteiger partial charge in [-0.2, -0.15) is 0 Å². The van der Waals surface area contributed by atoms with Crippen LogP contribution in [-0.4, -0.2) is 47.0 Å². The molecule has 1 aliphatic rings. The van der Waals surface area contributed by atoms with Gasteiger partial charge >= 0.3 is 0 Å². The lowest BCUT2D eigenvalue weighted by Gasteiger charge is -2.38. The van der Waals surface area contributed by atoms with E-state index in [0.29, 0.717) is 6.54 Å². The molecule has 0 radical (unpaired) electrons. The molecule has 1 aromatic heterocycles. The van der Waals surface area contributed by atoms with Crippen LogP contribution in [0.3, 0.4) is 0 Å². The number of nitrogens with two attached hydrogens (primary N) is 1. The van der Waals surface area contributed by atoms with E-state index >= 15 is 0 Å². The van der Waals surface area contributed by atoms with Gasteiger partial charge in [0.05, 0.1) is 13.2 Å². The van der Waals surface area contributed by atoms with Crippen molar-refractivity contribution in [1.29, 1.82) is 0 Å². The number of carbonyl (C=O) groups excluding carboxylic acids is 2. The number of amides is 2. The molecule has 1 atom stereocenters. The van der Waals surface area contributed by atoms with Crippen LogP contribution >= 0.6 is 0 Å². The first-order valence-electron chi connectivity index (χ1n) is 5.85. The zero-order valence-electron chi connectivity index (χ0n) is 10.5.